The Hall–Kier alpha value is -3.93. The van der Waals surface area contributed by atoms with E-state index in [2.05, 4.69) is 36.2 Å². The first-order valence-corrected chi connectivity index (χ1v) is 10.9. The minimum atomic E-state index is -0.238. The summed E-state index contributed by atoms with van der Waals surface area (Å²) < 4.78 is 6.58. The number of methoxy groups -OCH3 is 1. The van der Waals surface area contributed by atoms with E-state index in [0.29, 0.717) is 23.9 Å². The van der Waals surface area contributed by atoms with Crippen molar-refractivity contribution in [2.75, 3.05) is 12.4 Å². The lowest BCUT2D eigenvalue weighted by Gasteiger charge is -2.19. The van der Waals surface area contributed by atoms with Crippen LogP contribution in [0.3, 0.4) is 0 Å². The maximum Gasteiger partial charge on any atom is 0.281 e. The Morgan fingerprint density at radius 2 is 1.61 bits per heavy atom. The number of carbonyl (C=O) groups excluding carboxylic acids is 1. The topological polar surface area (TPSA) is 69.0 Å². The predicted molar refractivity (Wildman–Crippen MR) is 131 cm³/mol. The first kappa shape index (κ1) is 22.3. The third kappa shape index (κ3) is 5.12. The summed E-state index contributed by atoms with van der Waals surface area (Å²) in [5, 5.41) is 7.82. The van der Waals surface area contributed by atoms with Crippen LogP contribution in [0.1, 0.15) is 42.3 Å². The van der Waals surface area contributed by atoms with Crippen LogP contribution in [-0.2, 0) is 12.0 Å². The van der Waals surface area contributed by atoms with E-state index in [1.807, 2.05) is 78.9 Å². The van der Waals surface area contributed by atoms with E-state index in [0.717, 1.165) is 16.9 Å². The van der Waals surface area contributed by atoms with Gasteiger partial charge < -0.3 is 10.1 Å². The van der Waals surface area contributed by atoms with Gasteiger partial charge in [0.25, 0.3) is 5.91 Å². The van der Waals surface area contributed by atoms with Gasteiger partial charge in [0.1, 0.15) is 5.75 Å². The van der Waals surface area contributed by atoms with Gasteiger partial charge in [-0.1, -0.05) is 63.2 Å². The molecule has 0 saturated carbocycles. The smallest absolute Gasteiger partial charge is 0.281 e. The SMILES string of the molecule is COc1ccc(-c2nc(NCc3ccccc3)n(C(=O)c3ccc(C(C)(C)C)cc3)n2)cc1. The zero-order valence-corrected chi connectivity index (χ0v) is 19.4. The average Bonchev–Trinajstić information content (AvgIpc) is 3.27. The van der Waals surface area contributed by atoms with Crippen LogP contribution in [0.5, 0.6) is 5.75 Å². The Morgan fingerprint density at radius 1 is 0.939 bits per heavy atom. The molecule has 0 aliphatic heterocycles. The van der Waals surface area contributed by atoms with Crippen molar-refractivity contribution in [2.45, 2.75) is 32.7 Å². The monoisotopic (exact) mass is 440 g/mol. The van der Waals surface area contributed by atoms with Crippen molar-refractivity contribution < 1.29 is 9.53 Å². The normalized spacial score (nSPS) is 11.3. The van der Waals surface area contributed by atoms with Crippen LogP contribution >= 0.6 is 0 Å². The van der Waals surface area contributed by atoms with Gasteiger partial charge in [0, 0.05) is 17.7 Å². The first-order valence-electron chi connectivity index (χ1n) is 10.9. The molecule has 0 aliphatic rings. The van der Waals surface area contributed by atoms with Crippen molar-refractivity contribution in [3.63, 3.8) is 0 Å². The number of nitrogens with one attached hydrogen (secondary N) is 1. The fourth-order valence-electron chi connectivity index (χ4n) is 3.44. The van der Waals surface area contributed by atoms with E-state index in [-0.39, 0.29) is 11.3 Å². The molecule has 0 atom stereocenters. The third-order valence-electron chi connectivity index (χ3n) is 5.44. The lowest BCUT2D eigenvalue weighted by atomic mass is 9.87. The molecule has 6 nitrogen and oxygen atoms in total. The summed E-state index contributed by atoms with van der Waals surface area (Å²) in [4.78, 5) is 18.0. The van der Waals surface area contributed by atoms with E-state index in [1.54, 1.807) is 7.11 Å². The minimum absolute atomic E-state index is 0.0127. The molecule has 4 rings (SSSR count). The van der Waals surface area contributed by atoms with E-state index in [4.69, 9.17) is 4.74 Å². The lowest BCUT2D eigenvalue weighted by molar-refractivity contribution is 0.0947. The zero-order valence-electron chi connectivity index (χ0n) is 19.4. The van der Waals surface area contributed by atoms with Crippen molar-refractivity contribution in [3.8, 4) is 17.1 Å². The molecule has 0 saturated heterocycles. The molecular weight excluding hydrogens is 412 g/mol. The van der Waals surface area contributed by atoms with Gasteiger partial charge in [-0.3, -0.25) is 4.79 Å². The van der Waals surface area contributed by atoms with Crippen LogP contribution in [0.2, 0.25) is 0 Å². The number of carbonyl (C=O) groups is 1. The van der Waals surface area contributed by atoms with Crippen LogP contribution in [0.4, 0.5) is 5.95 Å². The van der Waals surface area contributed by atoms with Crippen LogP contribution in [-0.4, -0.2) is 27.8 Å². The molecular formula is C27H28N4O2. The van der Waals surface area contributed by atoms with Crippen LogP contribution in [0, 0.1) is 0 Å². The van der Waals surface area contributed by atoms with Gasteiger partial charge in [0.05, 0.1) is 7.11 Å². The molecule has 0 radical (unpaired) electrons. The molecule has 1 N–H and O–H groups in total. The minimum Gasteiger partial charge on any atom is -0.497 e. The second kappa shape index (κ2) is 9.28. The van der Waals surface area contributed by atoms with Crippen molar-refractivity contribution in [2.24, 2.45) is 0 Å². The largest absolute Gasteiger partial charge is 0.497 e. The molecule has 0 amide bonds. The Balaban J connectivity index is 1.67. The zero-order chi connectivity index (χ0) is 23.4. The molecule has 33 heavy (non-hydrogen) atoms. The van der Waals surface area contributed by atoms with Crippen molar-refractivity contribution in [3.05, 3.63) is 95.6 Å². The fourth-order valence-corrected chi connectivity index (χ4v) is 3.44. The highest BCUT2D eigenvalue weighted by Gasteiger charge is 2.20. The predicted octanol–water partition coefficient (Wildman–Crippen LogP) is 5.55. The van der Waals surface area contributed by atoms with E-state index in [9.17, 15) is 4.79 Å². The molecule has 0 spiro atoms. The first-order chi connectivity index (χ1) is 15.8. The highest BCUT2D eigenvalue weighted by Crippen LogP contribution is 2.24. The van der Waals surface area contributed by atoms with Gasteiger partial charge >= 0.3 is 0 Å². The summed E-state index contributed by atoms with van der Waals surface area (Å²) in [7, 11) is 1.62. The quantitative estimate of drug-likeness (QED) is 0.426. The number of nitrogens with zero attached hydrogens (tertiary/aromatic N) is 3. The van der Waals surface area contributed by atoms with Gasteiger partial charge in [0.2, 0.25) is 5.95 Å². The average molecular weight is 441 g/mol. The molecule has 0 fully saturated rings. The lowest BCUT2D eigenvalue weighted by Crippen LogP contribution is -2.18. The maximum absolute atomic E-state index is 13.4. The van der Waals surface area contributed by atoms with Crippen LogP contribution in [0.15, 0.2) is 78.9 Å². The third-order valence-corrected chi connectivity index (χ3v) is 5.44. The standard InChI is InChI=1S/C27H28N4O2/c1-27(2,3)22-14-10-21(11-15-22)25(32)31-26(28-18-19-8-6-5-7-9-19)29-24(30-31)20-12-16-23(33-4)17-13-20/h5-17H,18H2,1-4H3,(H,28,29,30). The Kier molecular flexibility index (Phi) is 6.27. The number of anilines is 1. The van der Waals surface area contributed by atoms with Crippen molar-refractivity contribution in [1.29, 1.82) is 0 Å². The van der Waals surface area contributed by atoms with Gasteiger partial charge in [-0.25, -0.2) is 0 Å². The fraction of sp³-hybridized carbons (Fsp3) is 0.222. The highest BCUT2D eigenvalue weighted by molar-refractivity contribution is 5.97. The second-order valence-electron chi connectivity index (χ2n) is 8.87. The molecule has 168 valence electrons. The molecule has 3 aromatic carbocycles. The number of hydrogen-bond donors (Lipinski definition) is 1. The number of aromatic nitrogens is 3. The van der Waals surface area contributed by atoms with Gasteiger partial charge in [-0.15, -0.1) is 5.10 Å². The number of benzene rings is 3. The van der Waals surface area contributed by atoms with Crippen LogP contribution < -0.4 is 10.1 Å². The van der Waals surface area contributed by atoms with Gasteiger partial charge in [-0.2, -0.15) is 9.67 Å². The van der Waals surface area contributed by atoms with Crippen molar-refractivity contribution >= 4 is 11.9 Å². The summed E-state index contributed by atoms with van der Waals surface area (Å²) in [6.45, 7) is 6.97. The van der Waals surface area contributed by atoms with E-state index >= 15 is 0 Å². The molecule has 4 aromatic rings. The number of hydrogen-bond acceptors (Lipinski definition) is 5. The summed E-state index contributed by atoms with van der Waals surface area (Å²) in [6.07, 6.45) is 0. The highest BCUT2D eigenvalue weighted by atomic mass is 16.5. The summed E-state index contributed by atoms with van der Waals surface area (Å²) >= 11 is 0. The maximum atomic E-state index is 13.4. The van der Waals surface area contributed by atoms with Gasteiger partial charge in [-0.05, 0) is 52.9 Å². The number of rotatable bonds is 6. The Morgan fingerprint density at radius 3 is 2.21 bits per heavy atom. The van der Waals surface area contributed by atoms with Gasteiger partial charge in [0.15, 0.2) is 5.82 Å². The van der Waals surface area contributed by atoms with Crippen molar-refractivity contribution in [1.82, 2.24) is 14.8 Å². The molecule has 6 heteroatoms. The summed E-state index contributed by atoms with van der Waals surface area (Å²) in [5.41, 5.74) is 3.61. The molecule has 1 heterocycles. The Bertz CT molecular complexity index is 1220. The molecule has 0 bridgehead atoms. The number of ether oxygens (including phenoxy) is 1. The van der Waals surface area contributed by atoms with Crippen LogP contribution in [0.25, 0.3) is 11.4 Å². The van der Waals surface area contributed by atoms with E-state index in [1.165, 1.54) is 10.2 Å². The molecule has 0 unspecified atom stereocenters. The van der Waals surface area contributed by atoms with E-state index < -0.39 is 0 Å². The second-order valence-corrected chi connectivity index (χ2v) is 8.87. The Labute approximate surface area is 194 Å². The summed E-state index contributed by atoms with van der Waals surface area (Å²) in [5.74, 6) is 1.37. The molecule has 0 aliphatic carbocycles. The summed E-state index contributed by atoms with van der Waals surface area (Å²) in [6, 6.07) is 25.1. The molecule has 1 aromatic heterocycles.